The molecule has 172 valence electrons. The number of hydrogen-bond donors (Lipinski definition) is 1. The van der Waals surface area contributed by atoms with Gasteiger partial charge in [0, 0.05) is 54.8 Å². The molecule has 2 fully saturated rings. The van der Waals surface area contributed by atoms with Crippen LogP contribution in [0.25, 0.3) is 0 Å². The third-order valence-corrected chi connectivity index (χ3v) is 7.02. The van der Waals surface area contributed by atoms with Gasteiger partial charge in [-0.1, -0.05) is 0 Å². The first kappa shape index (κ1) is 23.1. The SMILES string of the molecule is CNCc1cc(C(=O)N2CCC(N3CCOCC3)CC2)ccc1Oc1ccc(SC)cc1. The van der Waals surface area contributed by atoms with E-state index in [0.29, 0.717) is 12.6 Å². The van der Waals surface area contributed by atoms with Gasteiger partial charge < -0.3 is 19.7 Å². The van der Waals surface area contributed by atoms with Crippen LogP contribution in [0.15, 0.2) is 47.4 Å². The minimum atomic E-state index is 0.110. The predicted molar refractivity (Wildman–Crippen MR) is 129 cm³/mol. The van der Waals surface area contributed by atoms with E-state index in [4.69, 9.17) is 9.47 Å². The van der Waals surface area contributed by atoms with Crippen molar-refractivity contribution in [3.63, 3.8) is 0 Å². The Morgan fingerprint density at radius 3 is 2.47 bits per heavy atom. The minimum Gasteiger partial charge on any atom is -0.457 e. The second kappa shape index (κ2) is 11.2. The van der Waals surface area contributed by atoms with Gasteiger partial charge in [0.05, 0.1) is 13.2 Å². The van der Waals surface area contributed by atoms with Crippen molar-refractivity contribution in [3.05, 3.63) is 53.6 Å². The average Bonchev–Trinajstić information content (AvgIpc) is 2.86. The van der Waals surface area contributed by atoms with Gasteiger partial charge >= 0.3 is 0 Å². The van der Waals surface area contributed by atoms with Crippen molar-refractivity contribution in [1.29, 1.82) is 0 Å². The zero-order chi connectivity index (χ0) is 22.3. The van der Waals surface area contributed by atoms with Crippen LogP contribution in [0.5, 0.6) is 11.5 Å². The van der Waals surface area contributed by atoms with Gasteiger partial charge in [0.2, 0.25) is 0 Å². The second-order valence-corrected chi connectivity index (χ2v) is 9.18. The molecular formula is C25H33N3O3S. The fourth-order valence-electron chi connectivity index (χ4n) is 4.47. The van der Waals surface area contributed by atoms with Gasteiger partial charge in [-0.25, -0.2) is 0 Å². The van der Waals surface area contributed by atoms with Gasteiger partial charge in [-0.05, 0) is 68.6 Å². The lowest BCUT2D eigenvalue weighted by Gasteiger charge is -2.40. The van der Waals surface area contributed by atoms with Crippen LogP contribution < -0.4 is 10.1 Å². The Bertz CT molecular complexity index is 892. The van der Waals surface area contributed by atoms with Crippen molar-refractivity contribution in [3.8, 4) is 11.5 Å². The molecule has 0 spiro atoms. The number of thioether (sulfide) groups is 1. The smallest absolute Gasteiger partial charge is 0.253 e. The van der Waals surface area contributed by atoms with Crippen LogP contribution in [0, 0.1) is 0 Å². The van der Waals surface area contributed by atoms with Gasteiger partial charge in [0.25, 0.3) is 5.91 Å². The molecule has 0 unspecified atom stereocenters. The first-order valence-corrected chi connectivity index (χ1v) is 12.6. The molecule has 2 saturated heterocycles. The monoisotopic (exact) mass is 455 g/mol. The summed E-state index contributed by atoms with van der Waals surface area (Å²) in [7, 11) is 1.90. The Labute approximate surface area is 195 Å². The molecule has 2 aliphatic rings. The van der Waals surface area contributed by atoms with E-state index in [9.17, 15) is 4.79 Å². The molecule has 0 aromatic heterocycles. The van der Waals surface area contributed by atoms with Crippen LogP contribution in [0.3, 0.4) is 0 Å². The van der Waals surface area contributed by atoms with E-state index in [1.165, 1.54) is 4.90 Å². The number of amides is 1. The van der Waals surface area contributed by atoms with Gasteiger partial charge in [-0.15, -0.1) is 11.8 Å². The Morgan fingerprint density at radius 1 is 1.09 bits per heavy atom. The highest BCUT2D eigenvalue weighted by Crippen LogP contribution is 2.29. The Balaban J connectivity index is 1.41. The molecule has 0 atom stereocenters. The predicted octanol–water partition coefficient (Wildman–Crippen LogP) is 3.86. The van der Waals surface area contributed by atoms with Crippen LogP contribution >= 0.6 is 11.8 Å². The molecule has 2 aliphatic heterocycles. The highest BCUT2D eigenvalue weighted by molar-refractivity contribution is 7.98. The summed E-state index contributed by atoms with van der Waals surface area (Å²) in [5.74, 6) is 1.68. The molecule has 7 heteroatoms. The number of carbonyl (C=O) groups excluding carboxylic acids is 1. The van der Waals surface area contributed by atoms with Crippen LogP contribution in [0.4, 0.5) is 0 Å². The molecule has 1 N–H and O–H groups in total. The van der Waals surface area contributed by atoms with Crippen LogP contribution in [-0.2, 0) is 11.3 Å². The van der Waals surface area contributed by atoms with E-state index >= 15 is 0 Å². The lowest BCUT2D eigenvalue weighted by atomic mass is 10.0. The zero-order valence-corrected chi connectivity index (χ0v) is 19.8. The standard InChI is InChI=1S/C25H33N3O3S/c1-26-18-20-17-19(3-8-24(20)31-22-4-6-23(32-2)7-5-22)25(29)28-11-9-21(10-12-28)27-13-15-30-16-14-27/h3-8,17,21,26H,9-16,18H2,1-2H3. The van der Waals surface area contributed by atoms with Gasteiger partial charge in [-0.3, -0.25) is 9.69 Å². The number of nitrogens with zero attached hydrogens (tertiary/aromatic N) is 2. The quantitative estimate of drug-likeness (QED) is 0.640. The van der Waals surface area contributed by atoms with Gasteiger partial charge in [0.1, 0.15) is 11.5 Å². The molecule has 4 rings (SSSR count). The summed E-state index contributed by atoms with van der Waals surface area (Å²) >= 11 is 1.71. The van der Waals surface area contributed by atoms with Crippen LogP contribution in [0.1, 0.15) is 28.8 Å². The van der Waals surface area contributed by atoms with E-state index in [-0.39, 0.29) is 5.91 Å². The fourth-order valence-corrected chi connectivity index (χ4v) is 4.88. The fraction of sp³-hybridized carbons (Fsp3) is 0.480. The maximum absolute atomic E-state index is 13.2. The number of benzene rings is 2. The summed E-state index contributed by atoms with van der Waals surface area (Å²) in [5.41, 5.74) is 1.71. The normalized spacial score (nSPS) is 18.0. The zero-order valence-electron chi connectivity index (χ0n) is 19.0. The number of ether oxygens (including phenoxy) is 2. The Hall–Kier alpha value is -2.06. The first-order chi connectivity index (χ1) is 15.7. The molecule has 32 heavy (non-hydrogen) atoms. The molecule has 2 heterocycles. The van der Waals surface area contributed by atoms with Crippen molar-refractivity contribution in [2.75, 3.05) is 52.7 Å². The number of nitrogens with one attached hydrogen (secondary N) is 1. The average molecular weight is 456 g/mol. The lowest BCUT2D eigenvalue weighted by Crippen LogP contribution is -2.50. The van der Waals surface area contributed by atoms with E-state index in [1.807, 2.05) is 42.3 Å². The molecule has 2 aromatic rings. The number of rotatable bonds is 7. The number of morpholine rings is 1. The number of carbonyl (C=O) groups is 1. The summed E-state index contributed by atoms with van der Waals surface area (Å²) < 4.78 is 11.6. The van der Waals surface area contributed by atoms with Crippen molar-refractivity contribution in [1.82, 2.24) is 15.1 Å². The summed E-state index contributed by atoms with van der Waals surface area (Å²) in [6.45, 7) is 5.91. The van der Waals surface area contributed by atoms with E-state index in [2.05, 4.69) is 28.6 Å². The maximum Gasteiger partial charge on any atom is 0.253 e. The number of likely N-dealkylation sites (tertiary alicyclic amines) is 1. The van der Waals surface area contributed by atoms with E-state index < -0.39 is 0 Å². The molecule has 0 bridgehead atoms. The molecule has 0 aliphatic carbocycles. The van der Waals surface area contributed by atoms with Crippen LogP contribution in [-0.4, -0.2) is 74.4 Å². The number of hydrogen-bond acceptors (Lipinski definition) is 6. The van der Waals surface area contributed by atoms with Crippen LogP contribution in [0.2, 0.25) is 0 Å². The molecule has 0 radical (unpaired) electrons. The Morgan fingerprint density at radius 2 is 1.81 bits per heavy atom. The summed E-state index contributed by atoms with van der Waals surface area (Å²) in [5, 5.41) is 3.19. The largest absolute Gasteiger partial charge is 0.457 e. The third-order valence-electron chi connectivity index (χ3n) is 6.28. The summed E-state index contributed by atoms with van der Waals surface area (Å²) in [6, 6.07) is 14.4. The Kier molecular flexibility index (Phi) is 8.08. The van der Waals surface area contributed by atoms with Crippen molar-refractivity contribution in [2.45, 2.75) is 30.3 Å². The van der Waals surface area contributed by atoms with E-state index in [0.717, 1.165) is 74.9 Å². The summed E-state index contributed by atoms with van der Waals surface area (Å²) in [4.78, 5) is 18.9. The third kappa shape index (κ3) is 5.64. The van der Waals surface area contributed by atoms with Crippen molar-refractivity contribution >= 4 is 17.7 Å². The molecule has 6 nitrogen and oxygen atoms in total. The molecule has 2 aromatic carbocycles. The molecular weight excluding hydrogens is 422 g/mol. The minimum absolute atomic E-state index is 0.110. The van der Waals surface area contributed by atoms with Crippen molar-refractivity contribution < 1.29 is 14.3 Å². The maximum atomic E-state index is 13.2. The highest BCUT2D eigenvalue weighted by Gasteiger charge is 2.28. The molecule has 1 amide bonds. The lowest BCUT2D eigenvalue weighted by molar-refractivity contribution is 0.00159. The summed E-state index contributed by atoms with van der Waals surface area (Å²) in [6.07, 6.45) is 4.12. The first-order valence-electron chi connectivity index (χ1n) is 11.4. The molecule has 0 saturated carbocycles. The van der Waals surface area contributed by atoms with Gasteiger partial charge in [-0.2, -0.15) is 0 Å². The van der Waals surface area contributed by atoms with Gasteiger partial charge in [0.15, 0.2) is 0 Å². The topological polar surface area (TPSA) is 54.0 Å². The van der Waals surface area contributed by atoms with Crippen molar-refractivity contribution in [2.24, 2.45) is 0 Å². The second-order valence-electron chi connectivity index (χ2n) is 8.30. The van der Waals surface area contributed by atoms with E-state index in [1.54, 1.807) is 11.8 Å². The highest BCUT2D eigenvalue weighted by atomic mass is 32.2. The number of piperidine rings is 1.